The Bertz CT molecular complexity index is 573. The maximum absolute atomic E-state index is 13.4. The number of rotatable bonds is 2. The smallest absolute Gasteiger partial charge is 0.243 e. The number of halogens is 1. The van der Waals surface area contributed by atoms with Gasteiger partial charge < -0.3 is 10.6 Å². The molecule has 0 aromatic heterocycles. The highest BCUT2D eigenvalue weighted by Crippen LogP contribution is 2.30. The number of carbonyl (C=O) groups excluding carboxylic acids is 2. The Hall–Kier alpha value is -1.91. The van der Waals surface area contributed by atoms with Crippen LogP contribution in [0.4, 0.5) is 4.39 Å². The van der Waals surface area contributed by atoms with E-state index in [1.165, 1.54) is 12.1 Å². The Morgan fingerprint density at radius 3 is 2.86 bits per heavy atom. The molecule has 1 heterocycles. The minimum Gasteiger partial charge on any atom is -0.348 e. The van der Waals surface area contributed by atoms with Gasteiger partial charge in [-0.25, -0.2) is 4.39 Å². The zero-order chi connectivity index (χ0) is 14.8. The molecular weight excluding hydrogens is 271 g/mol. The van der Waals surface area contributed by atoms with Crippen LogP contribution in [-0.4, -0.2) is 17.9 Å². The minimum atomic E-state index is -0.454. The molecular formula is C16H19FN2O2. The van der Waals surface area contributed by atoms with Crippen LogP contribution >= 0.6 is 0 Å². The molecule has 112 valence electrons. The van der Waals surface area contributed by atoms with Crippen LogP contribution in [0.2, 0.25) is 0 Å². The van der Waals surface area contributed by atoms with E-state index in [4.69, 9.17) is 0 Å². The molecule has 5 heteroatoms. The largest absolute Gasteiger partial charge is 0.348 e. The number of hydrogen-bond donors (Lipinski definition) is 2. The SMILES string of the molecule is O=C1CCC[C@H](C(=O)N[C@H]2CCCc3ccc(F)cc32)N1. The van der Waals surface area contributed by atoms with Crippen LogP contribution < -0.4 is 10.6 Å². The second-order valence-corrected chi connectivity index (χ2v) is 5.81. The van der Waals surface area contributed by atoms with Crippen LogP contribution in [0.25, 0.3) is 0 Å². The maximum atomic E-state index is 13.4. The number of amides is 2. The summed E-state index contributed by atoms with van der Waals surface area (Å²) in [6.45, 7) is 0. The van der Waals surface area contributed by atoms with Crippen molar-refractivity contribution in [3.63, 3.8) is 0 Å². The quantitative estimate of drug-likeness (QED) is 0.875. The number of hydrogen-bond acceptors (Lipinski definition) is 2. The highest BCUT2D eigenvalue weighted by molar-refractivity contribution is 5.88. The molecule has 1 fully saturated rings. The van der Waals surface area contributed by atoms with E-state index >= 15 is 0 Å². The van der Waals surface area contributed by atoms with Crippen molar-refractivity contribution in [2.24, 2.45) is 0 Å². The molecule has 3 rings (SSSR count). The molecule has 2 N–H and O–H groups in total. The standard InChI is InChI=1S/C16H19FN2O2/c17-11-8-7-10-3-1-4-13(12(10)9-11)19-16(21)14-5-2-6-15(20)18-14/h7-9,13-14H,1-6H2,(H,18,20)(H,19,21)/t13-,14+/m0/s1. The van der Waals surface area contributed by atoms with Crippen molar-refractivity contribution < 1.29 is 14.0 Å². The topological polar surface area (TPSA) is 58.2 Å². The second kappa shape index (κ2) is 5.84. The summed E-state index contributed by atoms with van der Waals surface area (Å²) in [6, 6.07) is 4.16. The Morgan fingerprint density at radius 2 is 2.05 bits per heavy atom. The fourth-order valence-electron chi connectivity index (χ4n) is 3.19. The van der Waals surface area contributed by atoms with E-state index in [-0.39, 0.29) is 23.7 Å². The molecule has 0 bridgehead atoms. The van der Waals surface area contributed by atoms with Gasteiger partial charge in [-0.05, 0) is 55.4 Å². The van der Waals surface area contributed by atoms with Crippen LogP contribution in [-0.2, 0) is 16.0 Å². The van der Waals surface area contributed by atoms with Gasteiger partial charge in [0, 0.05) is 6.42 Å². The highest BCUT2D eigenvalue weighted by Gasteiger charge is 2.28. The van der Waals surface area contributed by atoms with Crippen LogP contribution in [0, 0.1) is 5.82 Å². The van der Waals surface area contributed by atoms with E-state index < -0.39 is 6.04 Å². The van der Waals surface area contributed by atoms with Gasteiger partial charge in [0.15, 0.2) is 0 Å². The van der Waals surface area contributed by atoms with E-state index in [9.17, 15) is 14.0 Å². The lowest BCUT2D eigenvalue weighted by molar-refractivity contribution is -0.131. The summed E-state index contributed by atoms with van der Waals surface area (Å²) in [5.41, 5.74) is 1.97. The minimum absolute atomic E-state index is 0.0727. The molecule has 0 radical (unpaired) electrons. The van der Waals surface area contributed by atoms with Gasteiger partial charge in [-0.1, -0.05) is 6.07 Å². The van der Waals surface area contributed by atoms with Gasteiger partial charge in [0.1, 0.15) is 11.9 Å². The summed E-state index contributed by atoms with van der Waals surface area (Å²) < 4.78 is 13.4. The summed E-state index contributed by atoms with van der Waals surface area (Å²) in [5.74, 6) is -0.512. The number of piperidine rings is 1. The van der Waals surface area contributed by atoms with Gasteiger partial charge in [0.25, 0.3) is 0 Å². The van der Waals surface area contributed by atoms with Crippen molar-refractivity contribution in [3.05, 3.63) is 35.1 Å². The molecule has 0 unspecified atom stereocenters. The molecule has 1 aliphatic carbocycles. The van der Waals surface area contributed by atoms with Crippen molar-refractivity contribution >= 4 is 11.8 Å². The average molecular weight is 290 g/mol. The van der Waals surface area contributed by atoms with E-state index in [1.54, 1.807) is 6.07 Å². The van der Waals surface area contributed by atoms with E-state index in [0.717, 1.165) is 36.8 Å². The fourth-order valence-corrected chi connectivity index (χ4v) is 3.19. The molecule has 0 saturated carbocycles. The Labute approximate surface area is 123 Å². The maximum Gasteiger partial charge on any atom is 0.243 e. The lowest BCUT2D eigenvalue weighted by Gasteiger charge is -2.29. The molecule has 2 aliphatic rings. The molecule has 1 aromatic rings. The summed E-state index contributed by atoms with van der Waals surface area (Å²) in [4.78, 5) is 23.7. The zero-order valence-electron chi connectivity index (χ0n) is 11.8. The highest BCUT2D eigenvalue weighted by atomic mass is 19.1. The van der Waals surface area contributed by atoms with E-state index in [0.29, 0.717) is 12.8 Å². The zero-order valence-corrected chi connectivity index (χ0v) is 11.8. The van der Waals surface area contributed by atoms with Gasteiger partial charge in [0.2, 0.25) is 11.8 Å². The molecule has 1 saturated heterocycles. The Kier molecular flexibility index (Phi) is 3.90. The van der Waals surface area contributed by atoms with Crippen LogP contribution in [0.5, 0.6) is 0 Å². The number of nitrogens with one attached hydrogen (secondary N) is 2. The third kappa shape index (κ3) is 3.06. The van der Waals surface area contributed by atoms with Gasteiger partial charge in [0.05, 0.1) is 6.04 Å². The van der Waals surface area contributed by atoms with Crippen molar-refractivity contribution in [1.82, 2.24) is 10.6 Å². The molecule has 21 heavy (non-hydrogen) atoms. The molecule has 0 spiro atoms. The number of benzene rings is 1. The first-order chi connectivity index (χ1) is 10.1. The molecule has 2 amide bonds. The average Bonchev–Trinajstić information content (AvgIpc) is 2.48. The first-order valence-electron chi connectivity index (χ1n) is 7.51. The lowest BCUT2D eigenvalue weighted by atomic mass is 9.87. The first-order valence-corrected chi connectivity index (χ1v) is 7.51. The third-order valence-corrected chi connectivity index (χ3v) is 4.29. The third-order valence-electron chi connectivity index (χ3n) is 4.29. The summed E-state index contributed by atoms with van der Waals surface area (Å²) in [6.07, 6.45) is 4.59. The van der Waals surface area contributed by atoms with Gasteiger partial charge in [-0.3, -0.25) is 9.59 Å². The predicted octanol–water partition coefficient (Wildman–Crippen LogP) is 1.99. The monoisotopic (exact) mass is 290 g/mol. The van der Waals surface area contributed by atoms with Gasteiger partial charge in [-0.2, -0.15) is 0 Å². The number of aryl methyl sites for hydroxylation is 1. The van der Waals surface area contributed by atoms with E-state index in [1.807, 2.05) is 0 Å². The van der Waals surface area contributed by atoms with Crippen molar-refractivity contribution in [3.8, 4) is 0 Å². The van der Waals surface area contributed by atoms with Crippen LogP contribution in [0.3, 0.4) is 0 Å². The van der Waals surface area contributed by atoms with E-state index in [2.05, 4.69) is 10.6 Å². The number of fused-ring (bicyclic) bond motifs is 1. The predicted molar refractivity (Wildman–Crippen MR) is 76.0 cm³/mol. The summed E-state index contributed by atoms with van der Waals surface area (Å²) in [5, 5.41) is 5.69. The molecule has 2 atom stereocenters. The Morgan fingerprint density at radius 1 is 1.24 bits per heavy atom. The van der Waals surface area contributed by atoms with Gasteiger partial charge >= 0.3 is 0 Å². The molecule has 1 aliphatic heterocycles. The normalized spacial score (nSPS) is 24.9. The van der Waals surface area contributed by atoms with Gasteiger partial charge in [-0.15, -0.1) is 0 Å². The van der Waals surface area contributed by atoms with Crippen molar-refractivity contribution in [2.75, 3.05) is 0 Å². The fraction of sp³-hybridized carbons (Fsp3) is 0.500. The van der Waals surface area contributed by atoms with Crippen molar-refractivity contribution in [2.45, 2.75) is 50.6 Å². The number of carbonyl (C=O) groups is 2. The Balaban J connectivity index is 1.72. The summed E-state index contributed by atoms with van der Waals surface area (Å²) in [7, 11) is 0. The molecule has 1 aromatic carbocycles. The first kappa shape index (κ1) is 14.0. The second-order valence-electron chi connectivity index (χ2n) is 5.81. The summed E-state index contributed by atoms with van der Waals surface area (Å²) >= 11 is 0. The van der Waals surface area contributed by atoms with Crippen LogP contribution in [0.1, 0.15) is 49.3 Å². The lowest BCUT2D eigenvalue weighted by Crippen LogP contribution is -2.50. The van der Waals surface area contributed by atoms with Crippen molar-refractivity contribution in [1.29, 1.82) is 0 Å². The van der Waals surface area contributed by atoms with Crippen LogP contribution in [0.15, 0.2) is 18.2 Å². The molecule has 4 nitrogen and oxygen atoms in total.